The van der Waals surface area contributed by atoms with Crippen LogP contribution in [0.4, 0.5) is 5.69 Å². The molecule has 3 rings (SSSR count). The number of imide groups is 1. The minimum Gasteiger partial charge on any atom is -0.507 e. The van der Waals surface area contributed by atoms with Gasteiger partial charge in [0, 0.05) is 32.2 Å². The first-order valence-electron chi connectivity index (χ1n) is 7.74. The zero-order valence-electron chi connectivity index (χ0n) is 13.3. The lowest BCUT2D eigenvalue weighted by molar-refractivity contribution is -0.123. The van der Waals surface area contributed by atoms with Crippen LogP contribution in [0.1, 0.15) is 16.8 Å². The summed E-state index contributed by atoms with van der Waals surface area (Å²) in [4.78, 5) is 41.1. The maximum atomic E-state index is 12.7. The number of carboxylic acid groups (broad SMARTS) is 1. The Morgan fingerprint density at radius 2 is 1.83 bits per heavy atom. The van der Waals surface area contributed by atoms with Gasteiger partial charge in [0.2, 0.25) is 5.91 Å². The third kappa shape index (κ3) is 2.85. The molecule has 2 saturated heterocycles. The van der Waals surface area contributed by atoms with Gasteiger partial charge in [-0.3, -0.25) is 14.5 Å². The number of hydrogen-bond acceptors (Lipinski definition) is 6. The first-order chi connectivity index (χ1) is 11.4. The number of piperazine rings is 1. The zero-order chi connectivity index (χ0) is 17.4. The Kier molecular flexibility index (Phi) is 4.25. The average molecular weight is 333 g/mol. The van der Waals surface area contributed by atoms with Crippen LogP contribution >= 0.6 is 0 Å². The number of amides is 2. The van der Waals surface area contributed by atoms with Gasteiger partial charge in [-0.2, -0.15) is 0 Å². The van der Waals surface area contributed by atoms with Gasteiger partial charge in [-0.1, -0.05) is 0 Å². The molecule has 8 nitrogen and oxygen atoms in total. The first-order valence-corrected chi connectivity index (χ1v) is 7.74. The van der Waals surface area contributed by atoms with Gasteiger partial charge in [-0.15, -0.1) is 0 Å². The maximum absolute atomic E-state index is 12.7. The molecule has 2 heterocycles. The molecule has 8 heteroatoms. The van der Waals surface area contributed by atoms with Crippen molar-refractivity contribution in [1.82, 2.24) is 9.80 Å². The van der Waals surface area contributed by atoms with Crippen LogP contribution in [0.2, 0.25) is 0 Å². The Morgan fingerprint density at radius 1 is 1.17 bits per heavy atom. The molecule has 2 N–H and O–H groups in total. The van der Waals surface area contributed by atoms with Crippen LogP contribution in [0.5, 0.6) is 5.75 Å². The molecule has 2 aliphatic rings. The molecule has 1 aromatic carbocycles. The van der Waals surface area contributed by atoms with Crippen LogP contribution in [-0.2, 0) is 9.59 Å². The van der Waals surface area contributed by atoms with Gasteiger partial charge in [0.15, 0.2) is 0 Å². The van der Waals surface area contributed by atoms with Crippen LogP contribution in [0.15, 0.2) is 18.2 Å². The van der Waals surface area contributed by atoms with Gasteiger partial charge in [-0.05, 0) is 19.2 Å². The number of benzene rings is 1. The molecule has 0 spiro atoms. The first kappa shape index (κ1) is 16.4. The molecule has 2 fully saturated rings. The highest BCUT2D eigenvalue weighted by atomic mass is 16.4. The monoisotopic (exact) mass is 333 g/mol. The fourth-order valence-corrected chi connectivity index (χ4v) is 3.15. The molecule has 128 valence electrons. The molecule has 24 heavy (non-hydrogen) atoms. The Labute approximate surface area is 138 Å². The van der Waals surface area contributed by atoms with Gasteiger partial charge < -0.3 is 15.1 Å². The fourth-order valence-electron chi connectivity index (χ4n) is 3.15. The predicted octanol–water partition coefficient (Wildman–Crippen LogP) is -0.0303. The van der Waals surface area contributed by atoms with Crippen molar-refractivity contribution in [1.29, 1.82) is 0 Å². The summed E-state index contributed by atoms with van der Waals surface area (Å²) in [7, 11) is 2.01. The van der Waals surface area contributed by atoms with Crippen LogP contribution < -0.4 is 4.90 Å². The summed E-state index contributed by atoms with van der Waals surface area (Å²) in [6, 6.07) is 3.21. The van der Waals surface area contributed by atoms with Gasteiger partial charge in [0.25, 0.3) is 5.91 Å². The van der Waals surface area contributed by atoms with Crippen molar-refractivity contribution in [3.63, 3.8) is 0 Å². The van der Waals surface area contributed by atoms with Crippen molar-refractivity contribution in [2.75, 3.05) is 38.1 Å². The smallest absolute Gasteiger partial charge is 0.339 e. The van der Waals surface area contributed by atoms with Gasteiger partial charge in [-0.25, -0.2) is 9.69 Å². The fraction of sp³-hybridized carbons (Fsp3) is 0.438. The molecule has 1 unspecified atom stereocenters. The van der Waals surface area contributed by atoms with E-state index >= 15 is 0 Å². The number of aromatic carboxylic acids is 1. The summed E-state index contributed by atoms with van der Waals surface area (Å²) < 4.78 is 0. The van der Waals surface area contributed by atoms with Crippen molar-refractivity contribution >= 4 is 23.5 Å². The lowest BCUT2D eigenvalue weighted by atomic mass is 10.1. The lowest BCUT2D eigenvalue weighted by Gasteiger charge is -2.35. The van der Waals surface area contributed by atoms with E-state index in [1.807, 2.05) is 11.9 Å². The Balaban J connectivity index is 1.82. The number of anilines is 1. The molecule has 2 amide bonds. The second-order valence-corrected chi connectivity index (χ2v) is 6.13. The van der Waals surface area contributed by atoms with Crippen molar-refractivity contribution in [2.45, 2.75) is 12.5 Å². The van der Waals surface area contributed by atoms with E-state index in [0.29, 0.717) is 0 Å². The molecule has 1 aromatic rings. The number of hydrogen-bond donors (Lipinski definition) is 2. The van der Waals surface area contributed by atoms with E-state index in [2.05, 4.69) is 4.90 Å². The number of carboxylic acids is 1. The number of aromatic hydroxyl groups is 1. The Bertz CT molecular complexity index is 697. The summed E-state index contributed by atoms with van der Waals surface area (Å²) >= 11 is 0. The molecular formula is C16H19N3O5. The second-order valence-electron chi connectivity index (χ2n) is 6.13. The van der Waals surface area contributed by atoms with E-state index in [1.54, 1.807) is 0 Å². The highest BCUT2D eigenvalue weighted by Crippen LogP contribution is 2.30. The zero-order valence-corrected chi connectivity index (χ0v) is 13.3. The number of carbonyl (C=O) groups is 3. The number of likely N-dealkylation sites (N-methyl/N-ethyl adjacent to an activating group) is 1. The van der Waals surface area contributed by atoms with Gasteiger partial charge >= 0.3 is 5.97 Å². The summed E-state index contributed by atoms with van der Waals surface area (Å²) in [6.45, 7) is 3.12. The average Bonchev–Trinajstić information content (AvgIpc) is 2.82. The summed E-state index contributed by atoms with van der Waals surface area (Å²) in [5.41, 5.74) is -0.0717. The topological polar surface area (TPSA) is 101 Å². The molecule has 0 aromatic heterocycles. The van der Waals surface area contributed by atoms with Crippen LogP contribution in [0, 0.1) is 0 Å². The highest BCUT2D eigenvalue weighted by Gasteiger charge is 2.43. The Hall–Kier alpha value is -2.45. The van der Waals surface area contributed by atoms with Crippen LogP contribution in [0.3, 0.4) is 0 Å². The van der Waals surface area contributed by atoms with Crippen molar-refractivity contribution in [3.05, 3.63) is 23.8 Å². The summed E-state index contributed by atoms with van der Waals surface area (Å²) in [5, 5.41) is 18.7. The largest absolute Gasteiger partial charge is 0.507 e. The molecule has 1 atom stereocenters. The van der Waals surface area contributed by atoms with Gasteiger partial charge in [0.1, 0.15) is 11.3 Å². The van der Waals surface area contributed by atoms with E-state index in [1.165, 1.54) is 12.1 Å². The van der Waals surface area contributed by atoms with Crippen LogP contribution in [-0.4, -0.2) is 77.1 Å². The second kappa shape index (κ2) is 6.21. The number of nitrogens with zero attached hydrogens (tertiary/aromatic N) is 3. The van der Waals surface area contributed by atoms with Crippen molar-refractivity contribution in [3.8, 4) is 5.75 Å². The van der Waals surface area contributed by atoms with E-state index in [9.17, 15) is 19.5 Å². The quantitative estimate of drug-likeness (QED) is 0.749. The number of carbonyl (C=O) groups excluding carboxylic acids is 2. The number of phenols is 1. The lowest BCUT2D eigenvalue weighted by Crippen LogP contribution is -2.51. The van der Waals surface area contributed by atoms with Gasteiger partial charge in [0.05, 0.1) is 18.2 Å². The van der Waals surface area contributed by atoms with Crippen molar-refractivity contribution in [2.24, 2.45) is 0 Å². The van der Waals surface area contributed by atoms with E-state index < -0.39 is 17.8 Å². The van der Waals surface area contributed by atoms with E-state index in [-0.39, 0.29) is 29.5 Å². The third-order valence-corrected chi connectivity index (χ3v) is 4.57. The van der Waals surface area contributed by atoms with E-state index in [0.717, 1.165) is 37.1 Å². The maximum Gasteiger partial charge on any atom is 0.339 e. The number of rotatable bonds is 3. The SMILES string of the molecule is CN1CCN(C2CC(=O)N(c3ccc(C(=O)O)c(O)c3)C2=O)CC1. The van der Waals surface area contributed by atoms with Crippen LogP contribution in [0.25, 0.3) is 0 Å². The molecule has 2 aliphatic heterocycles. The molecule has 0 saturated carbocycles. The molecule has 0 bridgehead atoms. The minimum atomic E-state index is -1.27. The van der Waals surface area contributed by atoms with E-state index in [4.69, 9.17) is 5.11 Å². The Morgan fingerprint density at radius 3 is 2.42 bits per heavy atom. The molecule has 0 radical (unpaired) electrons. The minimum absolute atomic E-state index is 0.101. The molecule has 0 aliphatic carbocycles. The summed E-state index contributed by atoms with van der Waals surface area (Å²) in [5.74, 6) is -2.41. The third-order valence-electron chi connectivity index (χ3n) is 4.57. The van der Waals surface area contributed by atoms with Crippen molar-refractivity contribution < 1.29 is 24.6 Å². The normalized spacial score (nSPS) is 23.0. The highest BCUT2D eigenvalue weighted by molar-refractivity contribution is 6.22. The standard InChI is InChI=1S/C16H19N3O5/c1-17-4-6-18(7-5-17)12-9-14(21)19(15(12)22)10-2-3-11(16(23)24)13(20)8-10/h2-3,8,12,20H,4-7,9H2,1H3,(H,23,24). The molecular weight excluding hydrogens is 314 g/mol. The predicted molar refractivity (Wildman–Crippen MR) is 85.0 cm³/mol. The summed E-state index contributed by atoms with van der Waals surface area (Å²) in [6.07, 6.45) is 0.101.